The first-order chi connectivity index (χ1) is 10.9. The second-order valence-corrected chi connectivity index (χ2v) is 7.79. The van der Waals surface area contributed by atoms with Crippen molar-refractivity contribution in [3.8, 4) is 0 Å². The molecule has 2 N–H and O–H groups in total. The van der Waals surface area contributed by atoms with Crippen molar-refractivity contribution in [3.05, 3.63) is 40.9 Å². The van der Waals surface area contributed by atoms with Gasteiger partial charge in [-0.1, -0.05) is 23.3 Å². The minimum Gasteiger partial charge on any atom is -0.351 e. The summed E-state index contributed by atoms with van der Waals surface area (Å²) in [4.78, 5) is 12.1. The fourth-order valence-corrected chi connectivity index (χ4v) is 3.42. The Morgan fingerprint density at radius 3 is 2.58 bits per heavy atom. The molecule has 24 heavy (non-hydrogen) atoms. The van der Waals surface area contributed by atoms with Crippen LogP contribution in [0.25, 0.3) is 0 Å². The van der Waals surface area contributed by atoms with Crippen molar-refractivity contribution in [2.75, 3.05) is 33.2 Å². The van der Waals surface area contributed by atoms with Gasteiger partial charge in [0.15, 0.2) is 0 Å². The van der Waals surface area contributed by atoms with Crippen LogP contribution in [-0.2, 0) is 14.8 Å². The number of nitrogens with one attached hydrogen (secondary N) is 2. The Labute approximate surface area is 153 Å². The van der Waals surface area contributed by atoms with Gasteiger partial charge in [-0.05, 0) is 37.2 Å². The number of hydrogen-bond acceptors (Lipinski definition) is 4. The number of nitrogens with zero attached hydrogens (tertiary/aromatic N) is 1. The maximum Gasteiger partial charge on any atom is 0.243 e. The first kappa shape index (κ1) is 20.9. The van der Waals surface area contributed by atoms with Gasteiger partial charge in [-0.25, -0.2) is 8.42 Å². The van der Waals surface area contributed by atoms with Crippen LogP contribution < -0.4 is 10.6 Å². The molecule has 1 heterocycles. The molecule has 1 aromatic rings. The topological polar surface area (TPSA) is 78.5 Å². The Balaban J connectivity index is 0.00000288. The van der Waals surface area contributed by atoms with Crippen LogP contribution in [0, 0.1) is 0 Å². The van der Waals surface area contributed by atoms with Crippen LogP contribution in [0.2, 0.25) is 5.02 Å². The van der Waals surface area contributed by atoms with E-state index in [1.54, 1.807) is 0 Å². The molecule has 0 saturated heterocycles. The van der Waals surface area contributed by atoms with E-state index in [9.17, 15) is 13.2 Å². The molecule has 1 amide bonds. The lowest BCUT2D eigenvalue weighted by Gasteiger charge is -2.18. The lowest BCUT2D eigenvalue weighted by atomic mass is 10.1. The van der Waals surface area contributed by atoms with Crippen molar-refractivity contribution in [2.45, 2.75) is 11.3 Å². The minimum absolute atomic E-state index is 0. The molecule has 0 aliphatic carbocycles. The number of amides is 1. The molecule has 2 rings (SSSR count). The summed E-state index contributed by atoms with van der Waals surface area (Å²) < 4.78 is 25.8. The molecular weight excluding hydrogens is 373 g/mol. The summed E-state index contributed by atoms with van der Waals surface area (Å²) in [5.41, 5.74) is 1.15. The lowest BCUT2D eigenvalue weighted by Crippen LogP contribution is -2.39. The van der Waals surface area contributed by atoms with Crippen LogP contribution in [0.4, 0.5) is 0 Å². The molecule has 9 heteroatoms. The summed E-state index contributed by atoms with van der Waals surface area (Å²) in [6.07, 6.45) is 2.93. The number of benzene rings is 1. The van der Waals surface area contributed by atoms with Gasteiger partial charge in [0.25, 0.3) is 0 Å². The Bertz CT molecular complexity index is 690. The van der Waals surface area contributed by atoms with Crippen molar-refractivity contribution >= 4 is 39.9 Å². The number of likely N-dealkylation sites (N-methyl/N-ethyl adjacent to an activating group) is 1. The molecule has 134 valence electrons. The molecule has 1 aliphatic heterocycles. The van der Waals surface area contributed by atoms with Crippen molar-refractivity contribution in [1.29, 1.82) is 0 Å². The van der Waals surface area contributed by atoms with Crippen molar-refractivity contribution in [3.63, 3.8) is 0 Å². The van der Waals surface area contributed by atoms with Crippen molar-refractivity contribution in [2.24, 2.45) is 0 Å². The third-order valence-electron chi connectivity index (χ3n) is 3.56. The van der Waals surface area contributed by atoms with Gasteiger partial charge in [-0.3, -0.25) is 4.79 Å². The van der Waals surface area contributed by atoms with Gasteiger partial charge in [0, 0.05) is 25.2 Å². The molecule has 6 nitrogen and oxygen atoms in total. The molecule has 1 aromatic carbocycles. The number of hydrogen-bond donors (Lipinski definition) is 2. The Kier molecular flexibility index (Phi) is 8.18. The molecule has 1 aliphatic rings. The van der Waals surface area contributed by atoms with Gasteiger partial charge >= 0.3 is 0 Å². The second kappa shape index (κ2) is 9.39. The predicted octanol–water partition coefficient (Wildman–Crippen LogP) is 1.42. The molecule has 0 unspecified atom stereocenters. The summed E-state index contributed by atoms with van der Waals surface area (Å²) >= 11 is 5.76. The highest BCUT2D eigenvalue weighted by Gasteiger charge is 2.22. The molecule has 0 aromatic heterocycles. The van der Waals surface area contributed by atoms with Gasteiger partial charge in [0.05, 0.1) is 11.4 Å². The molecule has 0 radical (unpaired) electrons. The highest BCUT2D eigenvalue weighted by Crippen LogP contribution is 2.17. The quantitative estimate of drug-likeness (QED) is 0.716. The number of halogens is 2. The fraction of sp³-hybridized carbons (Fsp3) is 0.400. The summed E-state index contributed by atoms with van der Waals surface area (Å²) in [6, 6.07) is 5.86. The Morgan fingerprint density at radius 1 is 1.33 bits per heavy atom. The number of rotatable bonds is 6. The summed E-state index contributed by atoms with van der Waals surface area (Å²) in [5.74, 6) is -0.329. The lowest BCUT2D eigenvalue weighted by molar-refractivity contribution is -0.120. The number of carbonyl (C=O) groups excluding carboxylic acids is 1. The van der Waals surface area contributed by atoms with E-state index in [0.717, 1.165) is 29.4 Å². The van der Waals surface area contributed by atoms with Crippen molar-refractivity contribution < 1.29 is 13.2 Å². The zero-order valence-electron chi connectivity index (χ0n) is 13.3. The summed E-state index contributed by atoms with van der Waals surface area (Å²) in [6.45, 7) is 1.93. The third kappa shape index (κ3) is 5.75. The average Bonchev–Trinajstić information content (AvgIpc) is 2.54. The normalized spacial score (nSPS) is 14.7. The summed E-state index contributed by atoms with van der Waals surface area (Å²) in [7, 11) is -2.32. The Hall–Kier alpha value is -1.12. The number of sulfonamides is 1. The standard InChI is InChI=1S/C15H20ClN3O3S.ClH/c1-19(23(21,22)14-4-2-13(16)3-5-14)11-15(20)18-10-12-6-8-17-9-7-12;/h2-6,17H,7-11H2,1H3,(H,18,20);1H. The largest absolute Gasteiger partial charge is 0.351 e. The molecule has 0 saturated carbocycles. The van der Waals surface area contributed by atoms with Gasteiger partial charge in [0.2, 0.25) is 15.9 Å². The van der Waals surface area contributed by atoms with E-state index >= 15 is 0 Å². The predicted molar refractivity (Wildman–Crippen MR) is 97.1 cm³/mol. The van der Waals surface area contributed by atoms with Gasteiger partial charge < -0.3 is 10.6 Å². The first-order valence-electron chi connectivity index (χ1n) is 7.27. The van der Waals surface area contributed by atoms with E-state index in [1.165, 1.54) is 31.3 Å². The van der Waals surface area contributed by atoms with E-state index in [-0.39, 0.29) is 29.8 Å². The number of carbonyl (C=O) groups is 1. The van der Waals surface area contributed by atoms with Crippen LogP contribution >= 0.6 is 24.0 Å². The van der Waals surface area contributed by atoms with Crippen LogP contribution in [0.5, 0.6) is 0 Å². The first-order valence-corrected chi connectivity index (χ1v) is 9.08. The molecule has 0 bridgehead atoms. The van der Waals surface area contributed by atoms with Crippen LogP contribution in [0.3, 0.4) is 0 Å². The van der Waals surface area contributed by atoms with Gasteiger partial charge in [0.1, 0.15) is 0 Å². The average molecular weight is 394 g/mol. The Morgan fingerprint density at radius 2 is 2.00 bits per heavy atom. The van der Waals surface area contributed by atoms with E-state index in [4.69, 9.17) is 11.6 Å². The monoisotopic (exact) mass is 393 g/mol. The molecular formula is C15H21Cl2N3O3S. The van der Waals surface area contributed by atoms with Crippen LogP contribution in [0.15, 0.2) is 40.8 Å². The van der Waals surface area contributed by atoms with E-state index < -0.39 is 10.0 Å². The fourth-order valence-electron chi connectivity index (χ4n) is 2.17. The smallest absolute Gasteiger partial charge is 0.243 e. The second-order valence-electron chi connectivity index (χ2n) is 5.31. The van der Waals surface area contributed by atoms with Gasteiger partial charge in [-0.15, -0.1) is 12.4 Å². The van der Waals surface area contributed by atoms with Crippen LogP contribution in [-0.4, -0.2) is 51.9 Å². The summed E-state index contributed by atoms with van der Waals surface area (Å²) in [5, 5.41) is 6.40. The maximum atomic E-state index is 12.4. The van der Waals surface area contributed by atoms with E-state index in [0.29, 0.717) is 11.6 Å². The SMILES string of the molecule is CN(CC(=O)NCC1=CCNCC1)S(=O)(=O)c1ccc(Cl)cc1.Cl. The van der Waals surface area contributed by atoms with Gasteiger partial charge in [-0.2, -0.15) is 4.31 Å². The van der Waals surface area contributed by atoms with Crippen molar-refractivity contribution in [1.82, 2.24) is 14.9 Å². The maximum absolute atomic E-state index is 12.4. The minimum atomic E-state index is -3.70. The zero-order valence-corrected chi connectivity index (χ0v) is 15.7. The molecule has 0 fully saturated rings. The van der Waals surface area contributed by atoms with E-state index in [2.05, 4.69) is 10.6 Å². The highest BCUT2D eigenvalue weighted by molar-refractivity contribution is 7.89. The highest BCUT2D eigenvalue weighted by atomic mass is 35.5. The molecule has 0 spiro atoms. The molecule has 0 atom stereocenters. The zero-order chi connectivity index (χ0) is 16.9. The third-order valence-corrected chi connectivity index (χ3v) is 5.63. The van der Waals surface area contributed by atoms with Crippen LogP contribution in [0.1, 0.15) is 6.42 Å². The van der Waals surface area contributed by atoms with E-state index in [1.807, 2.05) is 6.08 Å².